The van der Waals surface area contributed by atoms with Crippen LogP contribution in [0, 0.1) is 0 Å². The summed E-state index contributed by atoms with van der Waals surface area (Å²) in [5.41, 5.74) is 5.14. The Morgan fingerprint density at radius 3 is 2.35 bits per heavy atom. The molecule has 2 aromatic carbocycles. The average molecular weight is 559 g/mol. The highest BCUT2D eigenvalue weighted by molar-refractivity contribution is 6.33. The Morgan fingerprint density at radius 2 is 1.57 bits per heavy atom. The van der Waals surface area contributed by atoms with Crippen molar-refractivity contribution in [1.82, 2.24) is 25.3 Å². The van der Waals surface area contributed by atoms with Gasteiger partial charge in [-0.3, -0.25) is 9.78 Å². The highest BCUT2D eigenvalue weighted by atomic mass is 27.1. The van der Waals surface area contributed by atoms with Gasteiger partial charge < -0.3 is 24.3 Å². The van der Waals surface area contributed by atoms with E-state index in [1.807, 2.05) is 48.5 Å². The van der Waals surface area contributed by atoms with E-state index < -0.39 is 0 Å². The Bertz CT molecular complexity index is 1370. The van der Waals surface area contributed by atoms with Gasteiger partial charge >= 0.3 is 6.01 Å². The third-order valence-corrected chi connectivity index (χ3v) is 6.79. The molecule has 4 rings (SSSR count). The Morgan fingerprint density at radius 1 is 0.850 bits per heavy atom. The number of para-hydroxylation sites is 2. The summed E-state index contributed by atoms with van der Waals surface area (Å²) in [6.07, 6.45) is 4.06. The zero-order chi connectivity index (χ0) is 28.0. The fraction of sp³-hybridized carbons (Fsp3) is 0.345. The van der Waals surface area contributed by atoms with Crippen LogP contribution in [0.2, 0.25) is 11.1 Å². The monoisotopic (exact) mass is 558 g/mol. The lowest BCUT2D eigenvalue weighted by Gasteiger charge is -2.11. The first-order valence-corrected chi connectivity index (χ1v) is 15.2. The van der Waals surface area contributed by atoms with Crippen LogP contribution in [0.5, 0.6) is 11.9 Å². The van der Waals surface area contributed by atoms with Crippen LogP contribution in [0.1, 0.15) is 6.42 Å². The molecule has 0 aliphatic carbocycles. The van der Waals surface area contributed by atoms with Crippen LogP contribution in [0.4, 0.5) is 0 Å². The number of aromatic nitrogens is 4. The predicted octanol–water partition coefficient (Wildman–Crippen LogP) is 3.85. The van der Waals surface area contributed by atoms with Gasteiger partial charge in [0.2, 0.25) is 11.8 Å². The number of ether oxygens (including phenoxy) is 4. The fourth-order valence-electron chi connectivity index (χ4n) is 3.83. The molecule has 0 atom stereocenters. The lowest BCUT2D eigenvalue weighted by Crippen LogP contribution is -2.27. The van der Waals surface area contributed by atoms with Crippen LogP contribution in [0.15, 0.2) is 60.9 Å². The van der Waals surface area contributed by atoms with Gasteiger partial charge in [0.1, 0.15) is 6.61 Å². The van der Waals surface area contributed by atoms with E-state index in [0.29, 0.717) is 67.1 Å². The van der Waals surface area contributed by atoms with E-state index >= 15 is 0 Å². The first-order valence-electron chi connectivity index (χ1n) is 13.2. The molecule has 0 aliphatic heterocycles. The lowest BCUT2D eigenvalue weighted by atomic mass is 10.0. The summed E-state index contributed by atoms with van der Waals surface area (Å²) in [6.45, 7) is 2.51. The number of methoxy groups -OCH3 is 1. The van der Waals surface area contributed by atoms with E-state index in [-0.39, 0.29) is 11.9 Å². The summed E-state index contributed by atoms with van der Waals surface area (Å²) >= 11 is 0.367. The summed E-state index contributed by atoms with van der Waals surface area (Å²) in [5.74, 6) is 2.65. The molecule has 2 aromatic heterocycles. The maximum absolute atomic E-state index is 11.5. The first-order chi connectivity index (χ1) is 19.7. The van der Waals surface area contributed by atoms with Gasteiger partial charge in [0.15, 0.2) is 15.2 Å². The van der Waals surface area contributed by atoms with Crippen molar-refractivity contribution < 1.29 is 23.7 Å². The normalized spacial score (nSPS) is 10.8. The van der Waals surface area contributed by atoms with Gasteiger partial charge in [0.25, 0.3) is 0 Å². The van der Waals surface area contributed by atoms with Gasteiger partial charge in [-0.25, -0.2) is 9.97 Å². The second-order valence-corrected chi connectivity index (χ2v) is 10.2. The van der Waals surface area contributed by atoms with Gasteiger partial charge in [-0.15, -0.1) is 5.79 Å². The number of nitrogens with zero attached hydrogens (tertiary/aromatic N) is 4. The molecule has 10 nitrogen and oxygen atoms in total. The topological polar surface area (TPSA) is 118 Å². The van der Waals surface area contributed by atoms with Crippen LogP contribution in [-0.4, -0.2) is 87.8 Å². The van der Waals surface area contributed by atoms with E-state index in [2.05, 4.69) is 26.1 Å². The second kappa shape index (κ2) is 15.8. The molecule has 1 N–H and O–H groups in total. The average Bonchev–Trinajstić information content (AvgIpc) is 3.00. The number of rotatable bonds is 16. The van der Waals surface area contributed by atoms with Crippen molar-refractivity contribution in [3.05, 3.63) is 60.9 Å². The molecule has 0 spiro atoms. The summed E-state index contributed by atoms with van der Waals surface area (Å²) in [7, 11) is 1.56. The van der Waals surface area contributed by atoms with E-state index in [0.717, 1.165) is 38.7 Å². The van der Waals surface area contributed by atoms with Crippen molar-refractivity contribution in [3.63, 3.8) is 0 Å². The molecule has 0 unspecified atom stereocenters. The number of benzene rings is 2. The molecular weight excluding hydrogens is 525 g/mol. The zero-order valence-electron chi connectivity index (χ0n) is 22.8. The third kappa shape index (κ3) is 8.69. The molecule has 11 heteroatoms. The summed E-state index contributed by atoms with van der Waals surface area (Å²) in [6, 6.07) is 15.9. The van der Waals surface area contributed by atoms with E-state index in [1.54, 1.807) is 19.5 Å². The van der Waals surface area contributed by atoms with Gasteiger partial charge in [-0.2, -0.15) is 4.98 Å². The summed E-state index contributed by atoms with van der Waals surface area (Å²) in [4.78, 5) is 29.5. The summed E-state index contributed by atoms with van der Waals surface area (Å²) < 4.78 is 22.1. The molecule has 0 fully saturated rings. The molecule has 0 aliphatic rings. The number of carbonyl (C=O) groups is 1. The number of amides is 1. The molecule has 0 bridgehead atoms. The molecule has 2 heterocycles. The smallest absolute Gasteiger partial charge is 0.319 e. The molecular formula is C29H33AlN5O5. The molecule has 4 aromatic rings. The fourth-order valence-corrected chi connectivity index (χ4v) is 4.38. The Kier molecular flexibility index (Phi) is 11.6. The van der Waals surface area contributed by atoms with E-state index in [1.165, 1.54) is 0 Å². The lowest BCUT2D eigenvalue weighted by molar-refractivity contribution is -0.121. The third-order valence-electron chi connectivity index (χ3n) is 5.92. The number of hydrogen-bond acceptors (Lipinski definition) is 9. The maximum Gasteiger partial charge on any atom is 0.319 e. The zero-order valence-corrected chi connectivity index (χ0v) is 24.0. The number of nitrogens with one attached hydrogen (secondary N) is 1. The molecule has 0 saturated heterocycles. The van der Waals surface area contributed by atoms with Gasteiger partial charge in [0.05, 0.1) is 62.0 Å². The predicted molar refractivity (Wildman–Crippen MR) is 154 cm³/mol. The Labute approximate surface area is 240 Å². The Balaban J connectivity index is 1.20. The molecule has 40 heavy (non-hydrogen) atoms. The highest BCUT2D eigenvalue weighted by Crippen LogP contribution is 2.30. The quantitative estimate of drug-likeness (QED) is 0.162. The second-order valence-electron chi connectivity index (χ2n) is 8.77. The minimum atomic E-state index is 0.0865. The first kappa shape index (κ1) is 29.4. The van der Waals surface area contributed by atoms with Crippen LogP contribution in [-0.2, 0) is 14.3 Å². The van der Waals surface area contributed by atoms with E-state index in [4.69, 9.17) is 23.9 Å². The van der Waals surface area contributed by atoms with Crippen molar-refractivity contribution in [2.75, 3.05) is 46.7 Å². The highest BCUT2D eigenvalue weighted by Gasteiger charge is 2.12. The number of carbonyl (C=O) groups excluding carboxylic acids is 1. The summed E-state index contributed by atoms with van der Waals surface area (Å²) in [5, 5.41) is 3.83. The van der Waals surface area contributed by atoms with Crippen LogP contribution >= 0.6 is 0 Å². The van der Waals surface area contributed by atoms with Crippen molar-refractivity contribution in [3.8, 4) is 34.3 Å². The largest absolute Gasteiger partial charge is 0.480 e. The van der Waals surface area contributed by atoms with Crippen molar-refractivity contribution in [2.24, 2.45) is 0 Å². The van der Waals surface area contributed by atoms with Crippen molar-refractivity contribution in [2.45, 2.75) is 17.5 Å². The van der Waals surface area contributed by atoms with Crippen LogP contribution in [0.25, 0.3) is 33.4 Å². The Hall–Kier alpha value is -3.62. The van der Waals surface area contributed by atoms with Crippen LogP contribution in [0.3, 0.4) is 0 Å². The van der Waals surface area contributed by atoms with Gasteiger partial charge in [-0.1, -0.05) is 41.7 Å². The molecule has 207 valence electrons. The van der Waals surface area contributed by atoms with Crippen LogP contribution < -0.4 is 14.8 Å². The molecule has 0 saturated carbocycles. The van der Waals surface area contributed by atoms with Crippen molar-refractivity contribution in [1.29, 1.82) is 0 Å². The standard InChI is InChI=1S/C28H30N5O5.CH3.Al/c1-3-26(34)29-12-13-36-14-15-37-16-17-38-28-31-18-22(27(33-28)35-2)20-8-10-21(11-9-20)25-19-30-23-6-4-5-7-24(23)32-25;;/h4-11,18-19H,1,3,12-17H2,2H3,(H,29,34);1H3;. The molecule has 1 amide bonds. The minimum Gasteiger partial charge on any atom is -0.480 e. The SMILES string of the molecule is COc1nc(OCCOCCOCCNC(=O)C[CH2][Al][CH3])ncc1-c1ccc(-c2cnc3ccccc3n2)cc1. The van der Waals surface area contributed by atoms with E-state index in [9.17, 15) is 4.79 Å². The van der Waals surface area contributed by atoms with Crippen molar-refractivity contribution >= 4 is 32.2 Å². The number of fused-ring (bicyclic) bond motifs is 1. The van der Waals surface area contributed by atoms with Gasteiger partial charge in [0, 0.05) is 24.7 Å². The minimum absolute atomic E-state index is 0.0865. The van der Waals surface area contributed by atoms with Gasteiger partial charge in [-0.05, 0) is 17.7 Å². The maximum atomic E-state index is 11.5. The number of hydrogen-bond donors (Lipinski definition) is 1. The molecule has 1 radical (unpaired) electrons.